The van der Waals surface area contributed by atoms with Crippen LogP contribution in [0.25, 0.3) is 38.8 Å². The van der Waals surface area contributed by atoms with Gasteiger partial charge in [0.05, 0.1) is 41.7 Å². The molecule has 38 heavy (non-hydrogen) atoms. The second kappa shape index (κ2) is 9.56. The summed E-state index contributed by atoms with van der Waals surface area (Å²) in [5.41, 5.74) is 5.84. The minimum Gasteiger partial charge on any atom is -0.481 e. The highest BCUT2D eigenvalue weighted by atomic mass is 16.5. The van der Waals surface area contributed by atoms with Crippen molar-refractivity contribution in [3.63, 3.8) is 0 Å². The van der Waals surface area contributed by atoms with Gasteiger partial charge in [-0.15, -0.1) is 4.99 Å². The van der Waals surface area contributed by atoms with Crippen LogP contribution in [0.5, 0.6) is 17.4 Å². The van der Waals surface area contributed by atoms with E-state index in [9.17, 15) is 5.26 Å². The molecule has 0 atom stereocenters. The van der Waals surface area contributed by atoms with E-state index in [0.29, 0.717) is 11.5 Å². The highest BCUT2D eigenvalue weighted by Crippen LogP contribution is 2.31. The zero-order valence-electron chi connectivity index (χ0n) is 20.7. The van der Waals surface area contributed by atoms with Crippen LogP contribution < -0.4 is 15.1 Å². The molecule has 0 saturated heterocycles. The third-order valence-electron chi connectivity index (χ3n) is 6.41. The van der Waals surface area contributed by atoms with Gasteiger partial charge in [0, 0.05) is 18.5 Å². The standard InChI is InChI=1S/C30H22N6O2/c1-35-27-18-32-26-14-10-21(20-8-12-24(13-9-20)38-23-6-4-3-5-7-23)16-25(26)29(27)36(30(35)34-19-31)22-11-15-28(37-2)33-17-22/h3-18H,1-2H3. The molecule has 6 rings (SSSR count). The lowest BCUT2D eigenvalue weighted by atomic mass is 10.0. The molecule has 0 fully saturated rings. The number of hydrogen-bond acceptors (Lipinski definition) is 6. The number of para-hydroxylation sites is 1. The number of aryl methyl sites for hydroxylation is 1. The van der Waals surface area contributed by atoms with Gasteiger partial charge in [-0.1, -0.05) is 36.4 Å². The van der Waals surface area contributed by atoms with E-state index in [-0.39, 0.29) is 0 Å². The normalized spacial score (nSPS) is 11.6. The zero-order valence-corrected chi connectivity index (χ0v) is 20.7. The molecular formula is C30H22N6O2. The van der Waals surface area contributed by atoms with Crippen LogP contribution in [0.1, 0.15) is 0 Å². The van der Waals surface area contributed by atoms with E-state index >= 15 is 0 Å². The van der Waals surface area contributed by atoms with Gasteiger partial charge in [0.1, 0.15) is 11.5 Å². The molecule has 0 spiro atoms. The number of benzene rings is 3. The molecule has 0 aliphatic heterocycles. The van der Waals surface area contributed by atoms with Crippen LogP contribution in [-0.2, 0) is 7.05 Å². The lowest BCUT2D eigenvalue weighted by Gasteiger charge is -2.10. The second-order valence-electron chi connectivity index (χ2n) is 8.63. The smallest absolute Gasteiger partial charge is 0.226 e. The molecule has 6 aromatic rings. The molecule has 0 saturated carbocycles. The molecular weight excluding hydrogens is 476 g/mol. The van der Waals surface area contributed by atoms with Gasteiger partial charge in [-0.25, -0.2) is 4.98 Å². The van der Waals surface area contributed by atoms with Crippen molar-refractivity contribution < 1.29 is 9.47 Å². The predicted molar refractivity (Wildman–Crippen MR) is 145 cm³/mol. The van der Waals surface area contributed by atoms with E-state index in [0.717, 1.165) is 50.2 Å². The van der Waals surface area contributed by atoms with Crippen LogP contribution in [-0.4, -0.2) is 26.2 Å². The Bertz CT molecular complexity index is 1880. The Labute approximate surface area is 218 Å². The summed E-state index contributed by atoms with van der Waals surface area (Å²) in [5.74, 6) is 2.06. The lowest BCUT2D eigenvalue weighted by molar-refractivity contribution is 0.398. The van der Waals surface area contributed by atoms with E-state index in [1.807, 2.05) is 89.1 Å². The van der Waals surface area contributed by atoms with Crippen LogP contribution in [0.4, 0.5) is 0 Å². The molecule has 0 bridgehead atoms. The lowest BCUT2D eigenvalue weighted by Crippen LogP contribution is -2.22. The van der Waals surface area contributed by atoms with Gasteiger partial charge in [0.15, 0.2) is 0 Å². The van der Waals surface area contributed by atoms with Crippen LogP contribution in [0, 0.1) is 11.5 Å². The highest BCUT2D eigenvalue weighted by molar-refractivity contribution is 6.04. The van der Waals surface area contributed by atoms with Gasteiger partial charge < -0.3 is 14.0 Å². The average molecular weight is 499 g/mol. The van der Waals surface area contributed by atoms with Crippen molar-refractivity contribution in [3.8, 4) is 40.4 Å². The Balaban J connectivity index is 1.51. The Morgan fingerprint density at radius 2 is 1.61 bits per heavy atom. The monoisotopic (exact) mass is 498 g/mol. The third-order valence-corrected chi connectivity index (χ3v) is 6.41. The quantitative estimate of drug-likeness (QED) is 0.282. The molecule has 184 valence electrons. The fourth-order valence-corrected chi connectivity index (χ4v) is 4.57. The van der Waals surface area contributed by atoms with Crippen molar-refractivity contribution in [2.45, 2.75) is 0 Å². The third kappa shape index (κ3) is 4.02. The van der Waals surface area contributed by atoms with E-state index < -0.39 is 0 Å². The summed E-state index contributed by atoms with van der Waals surface area (Å²) in [4.78, 5) is 13.2. The summed E-state index contributed by atoms with van der Waals surface area (Å²) in [6, 6.07) is 27.5. The molecule has 0 amide bonds. The van der Waals surface area contributed by atoms with Crippen molar-refractivity contribution in [1.82, 2.24) is 19.1 Å². The van der Waals surface area contributed by atoms with E-state index in [2.05, 4.69) is 27.1 Å². The number of fused-ring (bicyclic) bond motifs is 3. The second-order valence-corrected chi connectivity index (χ2v) is 8.63. The van der Waals surface area contributed by atoms with E-state index in [4.69, 9.17) is 9.47 Å². The van der Waals surface area contributed by atoms with Gasteiger partial charge in [-0.2, -0.15) is 5.26 Å². The first-order valence-corrected chi connectivity index (χ1v) is 11.9. The number of nitriles is 1. The van der Waals surface area contributed by atoms with Crippen molar-refractivity contribution in [1.29, 1.82) is 5.26 Å². The maximum atomic E-state index is 9.44. The van der Waals surface area contributed by atoms with Crippen LogP contribution in [0.3, 0.4) is 0 Å². The van der Waals surface area contributed by atoms with Gasteiger partial charge >= 0.3 is 0 Å². The van der Waals surface area contributed by atoms with Crippen molar-refractivity contribution in [2.24, 2.45) is 12.0 Å². The number of pyridine rings is 2. The fourth-order valence-electron chi connectivity index (χ4n) is 4.57. The van der Waals surface area contributed by atoms with Gasteiger partial charge in [0.2, 0.25) is 17.7 Å². The van der Waals surface area contributed by atoms with Crippen LogP contribution in [0.2, 0.25) is 0 Å². The summed E-state index contributed by atoms with van der Waals surface area (Å²) >= 11 is 0. The molecule has 0 N–H and O–H groups in total. The summed E-state index contributed by atoms with van der Waals surface area (Å²) in [6.07, 6.45) is 5.44. The fraction of sp³-hybridized carbons (Fsp3) is 0.0667. The Morgan fingerprint density at radius 1 is 0.842 bits per heavy atom. The molecule has 0 aliphatic carbocycles. The molecule has 0 aliphatic rings. The number of methoxy groups -OCH3 is 1. The highest BCUT2D eigenvalue weighted by Gasteiger charge is 2.16. The maximum Gasteiger partial charge on any atom is 0.226 e. The number of rotatable bonds is 5. The summed E-state index contributed by atoms with van der Waals surface area (Å²) < 4.78 is 15.0. The number of nitrogens with zero attached hydrogens (tertiary/aromatic N) is 6. The van der Waals surface area contributed by atoms with Crippen molar-refractivity contribution >= 4 is 21.9 Å². The number of imidazole rings is 1. The number of hydrogen-bond donors (Lipinski definition) is 0. The summed E-state index contributed by atoms with van der Waals surface area (Å²) in [5, 5.41) is 10.4. The summed E-state index contributed by atoms with van der Waals surface area (Å²) in [7, 11) is 3.44. The molecule has 3 heterocycles. The maximum absolute atomic E-state index is 9.44. The van der Waals surface area contributed by atoms with Crippen molar-refractivity contribution in [3.05, 3.63) is 103 Å². The largest absolute Gasteiger partial charge is 0.481 e. The molecule has 8 heteroatoms. The molecule has 3 aromatic heterocycles. The minimum atomic E-state index is 0.469. The number of aromatic nitrogens is 4. The predicted octanol–water partition coefficient (Wildman–Crippen LogP) is 5.76. The molecule has 3 aromatic carbocycles. The first-order chi connectivity index (χ1) is 18.7. The van der Waals surface area contributed by atoms with Crippen LogP contribution in [0.15, 0.2) is 102 Å². The first-order valence-electron chi connectivity index (χ1n) is 11.9. The summed E-state index contributed by atoms with van der Waals surface area (Å²) in [6.45, 7) is 0. The molecule has 8 nitrogen and oxygen atoms in total. The van der Waals surface area contributed by atoms with E-state index in [1.165, 1.54) is 0 Å². The topological polar surface area (TPSA) is 90.2 Å². The SMILES string of the molecule is COc1ccc(-n2c(=NC#N)n(C)c3cnc4ccc(-c5ccc(Oc6ccccc6)cc5)cc4c32)cn1. The number of ether oxygens (including phenoxy) is 2. The minimum absolute atomic E-state index is 0.469. The van der Waals surface area contributed by atoms with Crippen LogP contribution >= 0.6 is 0 Å². The first kappa shape index (κ1) is 23.0. The molecule has 0 unspecified atom stereocenters. The van der Waals surface area contributed by atoms with Crippen molar-refractivity contribution in [2.75, 3.05) is 7.11 Å². The van der Waals surface area contributed by atoms with Gasteiger partial charge in [-0.05, 0) is 53.6 Å². The average Bonchev–Trinajstić information content (AvgIpc) is 3.25. The van der Waals surface area contributed by atoms with Gasteiger partial charge in [-0.3, -0.25) is 9.55 Å². The van der Waals surface area contributed by atoms with E-state index in [1.54, 1.807) is 25.6 Å². The Hall–Kier alpha value is -5.42. The Kier molecular flexibility index (Phi) is 5.79. The molecule has 0 radical (unpaired) electrons. The Morgan fingerprint density at radius 3 is 2.32 bits per heavy atom. The zero-order chi connectivity index (χ0) is 26.1. The van der Waals surface area contributed by atoms with Gasteiger partial charge in [0.25, 0.3) is 0 Å².